The van der Waals surface area contributed by atoms with Crippen molar-refractivity contribution in [1.82, 2.24) is 0 Å². The molecule has 82 valence electrons. The highest BCUT2D eigenvalue weighted by Crippen LogP contribution is 2.11. The van der Waals surface area contributed by atoms with Gasteiger partial charge in [0.2, 0.25) is 0 Å². The Balaban J connectivity index is 4.01. The van der Waals surface area contributed by atoms with Crippen molar-refractivity contribution in [1.29, 1.82) is 0 Å². The molecule has 1 heteroatoms. The lowest BCUT2D eigenvalue weighted by atomic mass is 10.0. The summed E-state index contributed by atoms with van der Waals surface area (Å²) in [7, 11) is 0. The van der Waals surface area contributed by atoms with E-state index in [2.05, 4.69) is 24.8 Å². The average Bonchev–Trinajstić information content (AvgIpc) is 2.24. The Kier molecular flexibility index (Phi) is 8.47. The van der Waals surface area contributed by atoms with Gasteiger partial charge in [-0.15, -0.1) is 11.8 Å². The third-order valence-corrected chi connectivity index (χ3v) is 2.11. The lowest BCUT2D eigenvalue weighted by Gasteiger charge is -2.04. The Morgan fingerprint density at radius 3 is 2.73 bits per heavy atom. The molecule has 1 atom stereocenters. The van der Waals surface area contributed by atoms with Crippen molar-refractivity contribution in [3.8, 4) is 11.8 Å². The van der Waals surface area contributed by atoms with Gasteiger partial charge in [-0.2, -0.15) is 0 Å². The van der Waals surface area contributed by atoms with Crippen LogP contribution in [0.3, 0.4) is 0 Å². The zero-order valence-corrected chi connectivity index (χ0v) is 9.92. The molecule has 0 spiro atoms. The Labute approximate surface area is 93.3 Å². The number of allylic oxidation sites excluding steroid dienone is 4. The number of hydrogen-bond acceptors (Lipinski definition) is 1. The van der Waals surface area contributed by atoms with Crippen LogP contribution in [-0.4, -0.2) is 6.29 Å². The molecule has 1 unspecified atom stereocenters. The molecule has 15 heavy (non-hydrogen) atoms. The molecule has 0 aromatic rings. The second-order valence-electron chi connectivity index (χ2n) is 3.55. The number of rotatable bonds is 6. The van der Waals surface area contributed by atoms with Crippen molar-refractivity contribution in [3.05, 3.63) is 23.8 Å². The molecular weight excluding hydrogens is 184 g/mol. The van der Waals surface area contributed by atoms with Gasteiger partial charge in [0.1, 0.15) is 6.29 Å². The maximum Gasteiger partial charge on any atom is 0.127 e. The van der Waals surface area contributed by atoms with Gasteiger partial charge in [0.25, 0.3) is 0 Å². The van der Waals surface area contributed by atoms with E-state index in [4.69, 9.17) is 0 Å². The second kappa shape index (κ2) is 9.27. The minimum Gasteiger partial charge on any atom is -0.303 e. The van der Waals surface area contributed by atoms with Crippen molar-refractivity contribution in [3.63, 3.8) is 0 Å². The van der Waals surface area contributed by atoms with Crippen LogP contribution in [0.15, 0.2) is 23.8 Å². The van der Waals surface area contributed by atoms with Crippen LogP contribution in [0.4, 0.5) is 0 Å². The molecule has 0 aliphatic rings. The summed E-state index contributed by atoms with van der Waals surface area (Å²) in [6, 6.07) is 0. The zero-order chi connectivity index (χ0) is 11.5. The summed E-state index contributed by atoms with van der Waals surface area (Å²) in [6.07, 6.45) is 9.75. The molecule has 0 heterocycles. The first-order valence-corrected chi connectivity index (χ1v) is 5.38. The minimum atomic E-state index is 0.0310. The fourth-order valence-electron chi connectivity index (χ4n) is 1.38. The molecule has 0 N–H and O–H groups in total. The van der Waals surface area contributed by atoms with Crippen molar-refractivity contribution in [2.24, 2.45) is 5.92 Å². The van der Waals surface area contributed by atoms with E-state index >= 15 is 0 Å². The summed E-state index contributed by atoms with van der Waals surface area (Å²) in [6.45, 7) is 5.86. The molecule has 0 saturated heterocycles. The van der Waals surface area contributed by atoms with Gasteiger partial charge in [-0.25, -0.2) is 0 Å². The van der Waals surface area contributed by atoms with Crippen LogP contribution < -0.4 is 0 Å². The van der Waals surface area contributed by atoms with Crippen LogP contribution in [0.2, 0.25) is 0 Å². The standard InChI is InChI=1S/C14H20O/c1-4-6-7-8-10-13(3)11-14(12-15)9-5-2/h5,9-10,12,14H,7-8,11H2,1-3H3. The molecule has 1 nitrogen and oxygen atoms in total. The van der Waals surface area contributed by atoms with E-state index in [1.165, 1.54) is 5.57 Å². The van der Waals surface area contributed by atoms with E-state index < -0.39 is 0 Å². The molecule has 0 amide bonds. The van der Waals surface area contributed by atoms with Crippen molar-refractivity contribution < 1.29 is 4.79 Å². The number of hydrogen-bond donors (Lipinski definition) is 0. The summed E-state index contributed by atoms with van der Waals surface area (Å²) in [5.74, 6) is 5.92. The first kappa shape index (κ1) is 13.7. The lowest BCUT2D eigenvalue weighted by Crippen LogP contribution is -1.98. The normalized spacial score (nSPS) is 13.4. The lowest BCUT2D eigenvalue weighted by molar-refractivity contribution is -0.109. The maximum atomic E-state index is 10.7. The zero-order valence-electron chi connectivity index (χ0n) is 9.92. The highest BCUT2D eigenvalue weighted by Gasteiger charge is 2.02. The smallest absolute Gasteiger partial charge is 0.127 e. The second-order valence-corrected chi connectivity index (χ2v) is 3.55. The number of aldehydes is 1. The van der Waals surface area contributed by atoms with Gasteiger partial charge in [0.15, 0.2) is 0 Å². The van der Waals surface area contributed by atoms with Crippen LogP contribution in [0.1, 0.15) is 40.0 Å². The SMILES string of the molecule is CC#CCCC=C(C)CC(C=O)C=CC. The molecule has 0 radical (unpaired) electrons. The summed E-state index contributed by atoms with van der Waals surface area (Å²) in [5, 5.41) is 0. The minimum absolute atomic E-state index is 0.0310. The van der Waals surface area contributed by atoms with Crippen molar-refractivity contribution >= 4 is 6.29 Å². The van der Waals surface area contributed by atoms with Gasteiger partial charge in [-0.05, 0) is 33.6 Å². The molecule has 0 rings (SSSR count). The summed E-state index contributed by atoms with van der Waals surface area (Å²) >= 11 is 0. The summed E-state index contributed by atoms with van der Waals surface area (Å²) in [5.41, 5.74) is 1.27. The highest BCUT2D eigenvalue weighted by atomic mass is 16.1. The van der Waals surface area contributed by atoms with Gasteiger partial charge < -0.3 is 4.79 Å². The quantitative estimate of drug-likeness (QED) is 0.280. The maximum absolute atomic E-state index is 10.7. The molecule has 0 fully saturated rings. The number of carbonyl (C=O) groups excluding carboxylic acids is 1. The van der Waals surface area contributed by atoms with Crippen LogP contribution in [-0.2, 0) is 4.79 Å². The highest BCUT2D eigenvalue weighted by molar-refractivity contribution is 5.57. The van der Waals surface area contributed by atoms with Crippen LogP contribution >= 0.6 is 0 Å². The Bertz CT molecular complexity index is 286. The number of carbonyl (C=O) groups is 1. The molecule has 0 aliphatic carbocycles. The first-order chi connectivity index (χ1) is 7.24. The molecule has 0 saturated carbocycles. The topological polar surface area (TPSA) is 17.1 Å². The van der Waals surface area contributed by atoms with Gasteiger partial charge in [-0.1, -0.05) is 23.8 Å². The molecule has 0 aromatic carbocycles. The molecule has 0 aliphatic heterocycles. The van der Waals surface area contributed by atoms with Crippen LogP contribution in [0.25, 0.3) is 0 Å². The monoisotopic (exact) mass is 204 g/mol. The van der Waals surface area contributed by atoms with Gasteiger partial charge in [-0.3, -0.25) is 0 Å². The molecule has 0 aromatic heterocycles. The fourth-order valence-corrected chi connectivity index (χ4v) is 1.38. The Morgan fingerprint density at radius 1 is 1.47 bits per heavy atom. The third kappa shape index (κ3) is 7.76. The van der Waals surface area contributed by atoms with Crippen molar-refractivity contribution in [2.75, 3.05) is 0 Å². The van der Waals surface area contributed by atoms with E-state index in [1.807, 2.05) is 26.0 Å². The third-order valence-electron chi connectivity index (χ3n) is 2.11. The average molecular weight is 204 g/mol. The van der Waals surface area contributed by atoms with Gasteiger partial charge >= 0.3 is 0 Å². The first-order valence-electron chi connectivity index (χ1n) is 5.38. The van der Waals surface area contributed by atoms with E-state index in [1.54, 1.807) is 0 Å². The summed E-state index contributed by atoms with van der Waals surface area (Å²) < 4.78 is 0. The predicted molar refractivity (Wildman–Crippen MR) is 65.4 cm³/mol. The predicted octanol–water partition coefficient (Wildman–Crippen LogP) is 3.52. The van der Waals surface area contributed by atoms with Crippen LogP contribution in [0, 0.1) is 17.8 Å². The molecular formula is C14H20O. The van der Waals surface area contributed by atoms with E-state index in [0.717, 1.165) is 25.5 Å². The van der Waals surface area contributed by atoms with E-state index in [9.17, 15) is 4.79 Å². The summed E-state index contributed by atoms with van der Waals surface area (Å²) in [4.78, 5) is 10.7. The van der Waals surface area contributed by atoms with E-state index in [0.29, 0.717) is 0 Å². The van der Waals surface area contributed by atoms with Gasteiger partial charge in [0.05, 0.1) is 0 Å². The van der Waals surface area contributed by atoms with E-state index in [-0.39, 0.29) is 5.92 Å². The molecule has 0 bridgehead atoms. The Morgan fingerprint density at radius 2 is 2.20 bits per heavy atom. The largest absolute Gasteiger partial charge is 0.303 e. The number of unbranched alkanes of at least 4 members (excludes halogenated alkanes) is 1. The van der Waals surface area contributed by atoms with Crippen molar-refractivity contribution in [2.45, 2.75) is 40.0 Å². The van der Waals surface area contributed by atoms with Crippen LogP contribution in [0.5, 0.6) is 0 Å². The Hall–Kier alpha value is -1.29. The van der Waals surface area contributed by atoms with Gasteiger partial charge in [0, 0.05) is 12.3 Å². The fraction of sp³-hybridized carbons (Fsp3) is 0.500.